The first-order valence-electron chi connectivity index (χ1n) is 3.48. The quantitative estimate of drug-likeness (QED) is 0.619. The highest BCUT2D eigenvalue weighted by molar-refractivity contribution is 5.63. The predicted molar refractivity (Wildman–Crippen MR) is 49.2 cm³/mol. The van der Waals surface area contributed by atoms with E-state index in [4.69, 9.17) is 5.73 Å². The number of hydrogen-bond donors (Lipinski definition) is 2. The van der Waals surface area contributed by atoms with Crippen molar-refractivity contribution in [1.82, 2.24) is 4.98 Å². The highest BCUT2D eigenvalue weighted by Crippen LogP contribution is 2.13. The molecular formula is C9H12N2. The van der Waals surface area contributed by atoms with E-state index in [1.54, 1.807) is 6.08 Å². The number of aromatic nitrogens is 1. The van der Waals surface area contributed by atoms with Gasteiger partial charge in [0, 0.05) is 5.69 Å². The van der Waals surface area contributed by atoms with Gasteiger partial charge in [0.05, 0.1) is 11.4 Å². The number of hydrogen-bond acceptors (Lipinski definition) is 1. The molecule has 1 aromatic heterocycles. The molecular weight excluding hydrogens is 136 g/mol. The van der Waals surface area contributed by atoms with E-state index < -0.39 is 0 Å². The van der Waals surface area contributed by atoms with Gasteiger partial charge in [-0.1, -0.05) is 18.7 Å². The summed E-state index contributed by atoms with van der Waals surface area (Å²) in [6.07, 6.45) is 5.46. The molecule has 58 valence electrons. The number of rotatable bonds is 2. The number of nitrogens with two attached hydrogens (primary N) is 1. The molecule has 0 saturated carbocycles. The fourth-order valence-corrected chi connectivity index (χ4v) is 0.934. The lowest BCUT2D eigenvalue weighted by Gasteiger charge is -1.87. The van der Waals surface area contributed by atoms with Crippen molar-refractivity contribution in [2.45, 2.75) is 6.92 Å². The SMILES string of the molecule is C=C/C=C\c1[nH]c(C)cc1N. The Balaban J connectivity index is 2.93. The van der Waals surface area contributed by atoms with E-state index in [1.165, 1.54) is 0 Å². The molecule has 0 aliphatic carbocycles. The standard InChI is InChI=1S/C9H12N2/c1-3-4-5-9-8(10)6-7(2)11-9/h3-6,11H,1,10H2,2H3/b5-4-. The molecule has 3 N–H and O–H groups in total. The molecule has 0 aromatic carbocycles. The second kappa shape index (κ2) is 3.10. The van der Waals surface area contributed by atoms with Crippen LogP contribution in [0.2, 0.25) is 0 Å². The van der Waals surface area contributed by atoms with E-state index in [0.29, 0.717) is 0 Å². The first-order valence-corrected chi connectivity index (χ1v) is 3.48. The summed E-state index contributed by atoms with van der Waals surface area (Å²) in [5.74, 6) is 0. The lowest BCUT2D eigenvalue weighted by atomic mass is 10.3. The molecule has 0 aliphatic rings. The molecule has 0 unspecified atom stereocenters. The zero-order chi connectivity index (χ0) is 8.27. The number of nitrogen functional groups attached to an aromatic ring is 1. The Hall–Kier alpha value is -1.44. The van der Waals surface area contributed by atoms with E-state index in [1.807, 2.05) is 25.1 Å². The van der Waals surface area contributed by atoms with Crippen LogP contribution < -0.4 is 5.73 Å². The summed E-state index contributed by atoms with van der Waals surface area (Å²) < 4.78 is 0. The van der Waals surface area contributed by atoms with Crippen LogP contribution in [-0.2, 0) is 0 Å². The number of nitrogens with one attached hydrogen (secondary N) is 1. The first-order chi connectivity index (χ1) is 5.24. The summed E-state index contributed by atoms with van der Waals surface area (Å²) in [7, 11) is 0. The van der Waals surface area contributed by atoms with Crippen molar-refractivity contribution in [3.8, 4) is 0 Å². The smallest absolute Gasteiger partial charge is 0.0616 e. The van der Waals surface area contributed by atoms with Crippen LogP contribution in [-0.4, -0.2) is 4.98 Å². The van der Waals surface area contributed by atoms with E-state index in [2.05, 4.69) is 11.6 Å². The Morgan fingerprint density at radius 2 is 2.36 bits per heavy atom. The molecule has 2 heteroatoms. The number of aromatic amines is 1. The minimum Gasteiger partial charge on any atom is -0.397 e. The lowest BCUT2D eigenvalue weighted by molar-refractivity contribution is 1.25. The molecule has 0 amide bonds. The van der Waals surface area contributed by atoms with Crippen molar-refractivity contribution in [1.29, 1.82) is 0 Å². The largest absolute Gasteiger partial charge is 0.397 e. The zero-order valence-corrected chi connectivity index (χ0v) is 6.59. The molecule has 0 aliphatic heterocycles. The first kappa shape index (κ1) is 7.66. The van der Waals surface area contributed by atoms with E-state index in [9.17, 15) is 0 Å². The second-order valence-corrected chi connectivity index (χ2v) is 2.42. The zero-order valence-electron chi connectivity index (χ0n) is 6.59. The van der Waals surface area contributed by atoms with Crippen LogP contribution in [0.4, 0.5) is 5.69 Å². The molecule has 11 heavy (non-hydrogen) atoms. The summed E-state index contributed by atoms with van der Waals surface area (Å²) in [5.41, 5.74) is 8.47. The lowest BCUT2D eigenvalue weighted by Crippen LogP contribution is -1.83. The summed E-state index contributed by atoms with van der Waals surface area (Å²) in [4.78, 5) is 3.12. The Labute approximate surface area is 66.4 Å². The number of anilines is 1. The summed E-state index contributed by atoms with van der Waals surface area (Å²) >= 11 is 0. The van der Waals surface area contributed by atoms with Crippen molar-refractivity contribution < 1.29 is 0 Å². The number of aryl methyl sites for hydroxylation is 1. The molecule has 0 atom stereocenters. The van der Waals surface area contributed by atoms with E-state index in [-0.39, 0.29) is 0 Å². The van der Waals surface area contributed by atoms with Gasteiger partial charge < -0.3 is 10.7 Å². The van der Waals surface area contributed by atoms with E-state index >= 15 is 0 Å². The molecule has 1 rings (SSSR count). The monoisotopic (exact) mass is 148 g/mol. The Bertz CT molecular complexity index is 282. The third kappa shape index (κ3) is 1.74. The summed E-state index contributed by atoms with van der Waals surface area (Å²) in [6, 6.07) is 1.91. The molecule has 1 heterocycles. The van der Waals surface area contributed by atoms with Crippen molar-refractivity contribution in [3.05, 3.63) is 36.2 Å². The molecule has 0 bridgehead atoms. The van der Waals surface area contributed by atoms with Gasteiger partial charge in [0.25, 0.3) is 0 Å². The predicted octanol–water partition coefficient (Wildman–Crippen LogP) is 2.10. The average molecular weight is 148 g/mol. The maximum atomic E-state index is 5.67. The summed E-state index contributed by atoms with van der Waals surface area (Å²) in [5, 5.41) is 0. The second-order valence-electron chi connectivity index (χ2n) is 2.42. The molecule has 1 aromatic rings. The molecule has 0 fully saturated rings. The van der Waals surface area contributed by atoms with Crippen LogP contribution in [0.5, 0.6) is 0 Å². The van der Waals surface area contributed by atoms with Gasteiger partial charge in [-0.15, -0.1) is 0 Å². The van der Waals surface area contributed by atoms with Gasteiger partial charge in [-0.25, -0.2) is 0 Å². The maximum Gasteiger partial charge on any atom is 0.0616 e. The fourth-order valence-electron chi connectivity index (χ4n) is 0.934. The maximum absolute atomic E-state index is 5.67. The number of allylic oxidation sites excluding steroid dienone is 2. The van der Waals surface area contributed by atoms with Gasteiger partial charge in [0.1, 0.15) is 0 Å². The van der Waals surface area contributed by atoms with Crippen molar-refractivity contribution >= 4 is 11.8 Å². The fraction of sp³-hybridized carbons (Fsp3) is 0.111. The van der Waals surface area contributed by atoms with Gasteiger partial charge in [0.15, 0.2) is 0 Å². The Morgan fingerprint density at radius 3 is 2.82 bits per heavy atom. The topological polar surface area (TPSA) is 41.8 Å². The van der Waals surface area contributed by atoms with Crippen molar-refractivity contribution in [3.63, 3.8) is 0 Å². The van der Waals surface area contributed by atoms with Gasteiger partial charge in [-0.3, -0.25) is 0 Å². The number of H-pyrrole nitrogens is 1. The molecule has 0 saturated heterocycles. The summed E-state index contributed by atoms with van der Waals surface area (Å²) in [6.45, 7) is 5.54. The minimum absolute atomic E-state index is 0.778. The average Bonchev–Trinajstić information content (AvgIpc) is 2.26. The van der Waals surface area contributed by atoms with Gasteiger partial charge >= 0.3 is 0 Å². The highest BCUT2D eigenvalue weighted by Gasteiger charge is 1.96. The highest BCUT2D eigenvalue weighted by atomic mass is 14.8. The third-order valence-electron chi connectivity index (χ3n) is 1.41. The minimum atomic E-state index is 0.778. The Morgan fingerprint density at radius 1 is 1.64 bits per heavy atom. The molecule has 2 nitrogen and oxygen atoms in total. The third-order valence-corrected chi connectivity index (χ3v) is 1.41. The normalized spacial score (nSPS) is 10.6. The van der Waals surface area contributed by atoms with E-state index in [0.717, 1.165) is 17.1 Å². The van der Waals surface area contributed by atoms with Crippen LogP contribution >= 0.6 is 0 Å². The Kier molecular flexibility index (Phi) is 2.16. The van der Waals surface area contributed by atoms with Crippen LogP contribution in [0, 0.1) is 6.92 Å². The van der Waals surface area contributed by atoms with Crippen molar-refractivity contribution in [2.24, 2.45) is 0 Å². The van der Waals surface area contributed by atoms with Crippen LogP contribution in [0.3, 0.4) is 0 Å². The van der Waals surface area contributed by atoms with Crippen LogP contribution in [0.15, 0.2) is 24.8 Å². The van der Waals surface area contributed by atoms with Gasteiger partial charge in [-0.2, -0.15) is 0 Å². The van der Waals surface area contributed by atoms with Crippen LogP contribution in [0.25, 0.3) is 6.08 Å². The van der Waals surface area contributed by atoms with Crippen LogP contribution in [0.1, 0.15) is 11.4 Å². The van der Waals surface area contributed by atoms with Crippen molar-refractivity contribution in [2.75, 3.05) is 5.73 Å². The molecule has 0 radical (unpaired) electrons. The van der Waals surface area contributed by atoms with Gasteiger partial charge in [-0.05, 0) is 19.1 Å². The van der Waals surface area contributed by atoms with Gasteiger partial charge in [0.2, 0.25) is 0 Å². The molecule has 0 spiro atoms.